The van der Waals surface area contributed by atoms with E-state index in [-0.39, 0.29) is 17.7 Å². The minimum absolute atomic E-state index is 0.252. The standard InChI is InChI=1S/C19H36N4O4/c1-17(2,3)26-15(24)14(20-13-11-19(7)22-23-19)10-8-9-12-21-16(25)27-18(4,5)6/h14,20H,8-13H2,1-7H3,(H,21,25)/t14-/m0/s1. The highest BCUT2D eigenvalue weighted by atomic mass is 16.6. The van der Waals surface area contributed by atoms with Crippen LogP contribution in [0.15, 0.2) is 10.2 Å². The Labute approximate surface area is 162 Å². The summed E-state index contributed by atoms with van der Waals surface area (Å²) in [4.78, 5) is 24.1. The van der Waals surface area contributed by atoms with E-state index in [0.29, 0.717) is 19.5 Å². The molecule has 0 unspecified atom stereocenters. The Morgan fingerprint density at radius 1 is 0.963 bits per heavy atom. The molecule has 2 N–H and O–H groups in total. The van der Waals surface area contributed by atoms with Gasteiger partial charge in [0, 0.05) is 19.5 Å². The second-order valence-electron chi connectivity index (χ2n) is 9.13. The Morgan fingerprint density at radius 3 is 2.07 bits per heavy atom. The number of esters is 1. The SMILES string of the molecule is CC1(CCN[C@@H](CCCCNC(=O)OC(C)(C)C)C(=O)OC(C)(C)C)N=N1. The molecule has 0 radical (unpaired) electrons. The first-order valence-corrected chi connectivity index (χ1v) is 9.67. The predicted molar refractivity (Wildman–Crippen MR) is 104 cm³/mol. The van der Waals surface area contributed by atoms with Gasteiger partial charge in [-0.2, -0.15) is 10.2 Å². The lowest BCUT2D eigenvalue weighted by molar-refractivity contribution is -0.157. The van der Waals surface area contributed by atoms with Gasteiger partial charge in [0.05, 0.1) is 0 Å². The lowest BCUT2D eigenvalue weighted by Gasteiger charge is -2.25. The fourth-order valence-corrected chi connectivity index (χ4v) is 2.32. The van der Waals surface area contributed by atoms with Crippen molar-refractivity contribution >= 4 is 12.1 Å². The van der Waals surface area contributed by atoms with Crippen LogP contribution in [0.1, 0.15) is 74.1 Å². The number of nitrogens with zero attached hydrogens (tertiary/aromatic N) is 2. The summed E-state index contributed by atoms with van der Waals surface area (Å²) in [5.74, 6) is -0.252. The minimum atomic E-state index is -0.525. The zero-order valence-corrected chi connectivity index (χ0v) is 17.8. The van der Waals surface area contributed by atoms with Gasteiger partial charge < -0.3 is 20.1 Å². The van der Waals surface area contributed by atoms with Gasteiger partial charge in [0.15, 0.2) is 5.66 Å². The van der Waals surface area contributed by atoms with Crippen LogP contribution in [0.5, 0.6) is 0 Å². The maximum atomic E-state index is 12.4. The van der Waals surface area contributed by atoms with Crippen molar-refractivity contribution < 1.29 is 19.1 Å². The molecule has 0 aromatic heterocycles. The van der Waals surface area contributed by atoms with E-state index >= 15 is 0 Å². The molecular weight excluding hydrogens is 348 g/mol. The second-order valence-corrected chi connectivity index (χ2v) is 9.13. The van der Waals surface area contributed by atoms with Crippen molar-refractivity contribution in [3.8, 4) is 0 Å². The molecule has 0 saturated carbocycles. The average molecular weight is 385 g/mol. The zero-order chi connectivity index (χ0) is 20.7. The normalized spacial score (nSPS) is 16.6. The summed E-state index contributed by atoms with van der Waals surface area (Å²) in [6.45, 7) is 14.2. The summed E-state index contributed by atoms with van der Waals surface area (Å²) in [6, 6.07) is -0.381. The first-order valence-electron chi connectivity index (χ1n) is 9.67. The third-order valence-corrected chi connectivity index (χ3v) is 3.71. The van der Waals surface area contributed by atoms with E-state index in [0.717, 1.165) is 19.3 Å². The Kier molecular flexibility index (Phi) is 8.20. The fourth-order valence-electron chi connectivity index (χ4n) is 2.32. The molecule has 27 heavy (non-hydrogen) atoms. The smallest absolute Gasteiger partial charge is 0.407 e. The lowest BCUT2D eigenvalue weighted by Crippen LogP contribution is -2.42. The van der Waals surface area contributed by atoms with Gasteiger partial charge in [0.1, 0.15) is 17.2 Å². The van der Waals surface area contributed by atoms with Crippen molar-refractivity contribution in [3.63, 3.8) is 0 Å². The molecule has 0 bridgehead atoms. The molecule has 8 heteroatoms. The number of alkyl carbamates (subject to hydrolysis) is 1. The van der Waals surface area contributed by atoms with E-state index < -0.39 is 17.3 Å². The second kappa shape index (κ2) is 9.48. The van der Waals surface area contributed by atoms with Gasteiger partial charge in [0.2, 0.25) is 0 Å². The van der Waals surface area contributed by atoms with Crippen LogP contribution in [0.4, 0.5) is 4.79 Å². The Hall–Kier alpha value is -1.70. The number of ether oxygens (including phenoxy) is 2. The van der Waals surface area contributed by atoms with Crippen LogP contribution < -0.4 is 10.6 Å². The zero-order valence-electron chi connectivity index (χ0n) is 17.8. The fraction of sp³-hybridized carbons (Fsp3) is 0.895. The van der Waals surface area contributed by atoms with E-state index in [2.05, 4.69) is 20.9 Å². The molecule has 1 atom stereocenters. The number of hydrogen-bond donors (Lipinski definition) is 2. The molecule has 1 amide bonds. The van der Waals surface area contributed by atoms with Crippen molar-refractivity contribution in [1.29, 1.82) is 0 Å². The highest BCUT2D eigenvalue weighted by Crippen LogP contribution is 2.30. The maximum Gasteiger partial charge on any atom is 0.407 e. The summed E-state index contributed by atoms with van der Waals surface area (Å²) in [5, 5.41) is 14.0. The summed E-state index contributed by atoms with van der Waals surface area (Å²) in [6.07, 6.45) is 2.50. The predicted octanol–water partition coefficient (Wildman–Crippen LogP) is 3.55. The van der Waals surface area contributed by atoms with Crippen LogP contribution in [0.2, 0.25) is 0 Å². The molecule has 8 nitrogen and oxygen atoms in total. The lowest BCUT2D eigenvalue weighted by atomic mass is 10.1. The third-order valence-electron chi connectivity index (χ3n) is 3.71. The van der Waals surface area contributed by atoms with Gasteiger partial charge in [-0.3, -0.25) is 4.79 Å². The summed E-state index contributed by atoms with van der Waals surface area (Å²) in [7, 11) is 0. The highest BCUT2D eigenvalue weighted by molar-refractivity contribution is 5.76. The molecule has 0 spiro atoms. The van der Waals surface area contributed by atoms with E-state index in [9.17, 15) is 9.59 Å². The quantitative estimate of drug-likeness (QED) is 0.443. The number of carbonyl (C=O) groups is 2. The summed E-state index contributed by atoms with van der Waals surface area (Å²) in [5.41, 5.74) is -1.32. The number of unbranched alkanes of at least 4 members (excludes halogenated alkanes) is 1. The van der Waals surface area contributed by atoms with Crippen LogP contribution in [-0.4, -0.2) is 48.1 Å². The third kappa shape index (κ3) is 11.6. The van der Waals surface area contributed by atoms with E-state index in [1.54, 1.807) is 0 Å². The van der Waals surface area contributed by atoms with Crippen LogP contribution in [0.3, 0.4) is 0 Å². The van der Waals surface area contributed by atoms with Crippen molar-refractivity contribution in [2.24, 2.45) is 10.2 Å². The molecule has 1 heterocycles. The molecule has 156 valence electrons. The van der Waals surface area contributed by atoms with Gasteiger partial charge >= 0.3 is 12.1 Å². The maximum absolute atomic E-state index is 12.4. The number of hydrogen-bond acceptors (Lipinski definition) is 7. The molecular formula is C19H36N4O4. The van der Waals surface area contributed by atoms with Crippen molar-refractivity contribution in [2.75, 3.05) is 13.1 Å². The van der Waals surface area contributed by atoms with Crippen LogP contribution in [0.25, 0.3) is 0 Å². The first-order chi connectivity index (χ1) is 12.3. The minimum Gasteiger partial charge on any atom is -0.459 e. The molecule has 0 aromatic carbocycles. The number of amides is 1. The summed E-state index contributed by atoms with van der Waals surface area (Å²) < 4.78 is 10.7. The monoisotopic (exact) mass is 384 g/mol. The van der Waals surface area contributed by atoms with Crippen LogP contribution >= 0.6 is 0 Å². The Bertz CT molecular complexity index is 529. The van der Waals surface area contributed by atoms with Gasteiger partial charge in [-0.05, 0) is 67.7 Å². The van der Waals surface area contributed by atoms with Crippen molar-refractivity contribution in [1.82, 2.24) is 10.6 Å². The van der Waals surface area contributed by atoms with Crippen LogP contribution in [-0.2, 0) is 14.3 Å². The first kappa shape index (κ1) is 23.3. The van der Waals surface area contributed by atoms with Gasteiger partial charge in [-0.15, -0.1) is 0 Å². The van der Waals surface area contributed by atoms with Gasteiger partial charge in [-0.1, -0.05) is 0 Å². The number of carbonyl (C=O) groups excluding carboxylic acids is 2. The van der Waals surface area contributed by atoms with E-state index in [1.165, 1.54) is 0 Å². The molecule has 1 aliphatic rings. The highest BCUT2D eigenvalue weighted by Gasteiger charge is 2.33. The molecule has 0 aliphatic carbocycles. The Morgan fingerprint density at radius 2 is 1.56 bits per heavy atom. The van der Waals surface area contributed by atoms with E-state index in [4.69, 9.17) is 9.47 Å². The average Bonchev–Trinajstić information content (AvgIpc) is 3.19. The number of nitrogens with one attached hydrogen (secondary N) is 2. The van der Waals surface area contributed by atoms with Crippen molar-refractivity contribution in [2.45, 2.75) is 97.1 Å². The summed E-state index contributed by atoms with van der Waals surface area (Å²) >= 11 is 0. The van der Waals surface area contributed by atoms with Gasteiger partial charge in [0.25, 0.3) is 0 Å². The molecule has 1 aliphatic heterocycles. The van der Waals surface area contributed by atoms with E-state index in [1.807, 2.05) is 48.5 Å². The molecule has 0 aromatic rings. The number of rotatable bonds is 10. The van der Waals surface area contributed by atoms with Crippen LogP contribution in [0, 0.1) is 0 Å². The molecule has 1 rings (SSSR count). The largest absolute Gasteiger partial charge is 0.459 e. The molecule has 0 fully saturated rings. The van der Waals surface area contributed by atoms with Gasteiger partial charge in [-0.25, -0.2) is 4.79 Å². The molecule has 0 saturated heterocycles. The Balaban J connectivity index is 2.34. The van der Waals surface area contributed by atoms with Crippen molar-refractivity contribution in [3.05, 3.63) is 0 Å². The topological polar surface area (TPSA) is 101 Å².